The Hall–Kier alpha value is -3.92. The van der Waals surface area contributed by atoms with Crippen molar-refractivity contribution in [2.24, 2.45) is 0 Å². The van der Waals surface area contributed by atoms with Crippen molar-refractivity contribution >= 4 is 11.6 Å². The Morgan fingerprint density at radius 2 is 1.70 bits per heavy atom. The van der Waals surface area contributed by atoms with Crippen LogP contribution < -0.4 is 16.6 Å². The first-order valence-electron chi connectivity index (χ1n) is 8.21. The van der Waals surface area contributed by atoms with Crippen molar-refractivity contribution in [2.75, 3.05) is 5.32 Å². The Morgan fingerprint density at radius 3 is 2.37 bits per heavy atom. The summed E-state index contributed by atoms with van der Waals surface area (Å²) >= 11 is 0. The maximum atomic E-state index is 12.6. The second kappa shape index (κ2) is 7.97. The topological polar surface area (TPSA) is 96.9 Å². The zero-order chi connectivity index (χ0) is 19.2. The van der Waals surface area contributed by atoms with Gasteiger partial charge < -0.3 is 5.32 Å². The smallest absolute Gasteiger partial charge is 0.325 e. The van der Waals surface area contributed by atoms with E-state index in [0.717, 1.165) is 10.1 Å². The first-order chi connectivity index (χ1) is 13.1. The van der Waals surface area contributed by atoms with E-state index < -0.39 is 23.7 Å². The molecular weight excluding hydrogens is 344 g/mol. The van der Waals surface area contributed by atoms with Crippen molar-refractivity contribution in [1.82, 2.24) is 9.13 Å². The van der Waals surface area contributed by atoms with Crippen molar-refractivity contribution in [3.63, 3.8) is 0 Å². The number of rotatable bonds is 5. The minimum atomic E-state index is -0.554. The number of carbonyl (C=O) groups excluding carboxylic acids is 1. The molecule has 3 rings (SSSR count). The number of anilines is 1. The molecule has 0 saturated carbocycles. The summed E-state index contributed by atoms with van der Waals surface area (Å²) in [6.07, 6.45) is 1.42. The van der Waals surface area contributed by atoms with Crippen LogP contribution in [0.5, 0.6) is 0 Å². The lowest BCUT2D eigenvalue weighted by molar-refractivity contribution is -0.116. The fourth-order valence-electron chi connectivity index (χ4n) is 2.58. The predicted molar refractivity (Wildman–Crippen MR) is 100 cm³/mol. The van der Waals surface area contributed by atoms with Gasteiger partial charge in [-0.1, -0.05) is 30.3 Å². The minimum Gasteiger partial charge on any atom is -0.325 e. The van der Waals surface area contributed by atoms with Crippen molar-refractivity contribution in [1.29, 1.82) is 5.26 Å². The highest BCUT2D eigenvalue weighted by Crippen LogP contribution is 2.08. The molecule has 1 N–H and O–H groups in total. The SMILES string of the molecule is N#Cc1ccc(NC(=O)Cn2c(=O)ccn(Cc3ccccc3)c2=O)cc1. The van der Waals surface area contributed by atoms with E-state index in [4.69, 9.17) is 5.26 Å². The third-order valence-electron chi connectivity index (χ3n) is 3.93. The highest BCUT2D eigenvalue weighted by molar-refractivity contribution is 5.90. The molecule has 134 valence electrons. The van der Waals surface area contributed by atoms with Gasteiger partial charge in [0.05, 0.1) is 18.2 Å². The van der Waals surface area contributed by atoms with Gasteiger partial charge in [0.25, 0.3) is 5.56 Å². The molecule has 1 amide bonds. The van der Waals surface area contributed by atoms with Crippen molar-refractivity contribution in [3.05, 3.63) is 98.8 Å². The largest absolute Gasteiger partial charge is 0.331 e. The average Bonchev–Trinajstić information content (AvgIpc) is 2.69. The summed E-state index contributed by atoms with van der Waals surface area (Å²) in [5.41, 5.74) is 0.760. The lowest BCUT2D eigenvalue weighted by Gasteiger charge is -2.10. The van der Waals surface area contributed by atoms with Gasteiger partial charge in [0.15, 0.2) is 0 Å². The molecule has 3 aromatic rings. The maximum absolute atomic E-state index is 12.6. The van der Waals surface area contributed by atoms with Crippen LogP contribution in [0.25, 0.3) is 0 Å². The third-order valence-corrected chi connectivity index (χ3v) is 3.93. The van der Waals surface area contributed by atoms with E-state index in [1.807, 2.05) is 36.4 Å². The first kappa shape index (κ1) is 17.9. The molecule has 1 heterocycles. The Labute approximate surface area is 154 Å². The molecule has 2 aromatic carbocycles. The molecule has 1 aromatic heterocycles. The lowest BCUT2D eigenvalue weighted by Crippen LogP contribution is -2.41. The van der Waals surface area contributed by atoms with Crippen LogP contribution in [0.1, 0.15) is 11.1 Å². The quantitative estimate of drug-likeness (QED) is 0.747. The number of nitriles is 1. The van der Waals surface area contributed by atoms with E-state index in [1.54, 1.807) is 24.3 Å². The average molecular weight is 360 g/mol. The molecule has 0 bridgehead atoms. The highest BCUT2D eigenvalue weighted by atomic mass is 16.2. The number of hydrogen-bond donors (Lipinski definition) is 1. The van der Waals surface area contributed by atoms with E-state index in [9.17, 15) is 14.4 Å². The monoisotopic (exact) mass is 360 g/mol. The molecule has 0 aliphatic carbocycles. The molecule has 27 heavy (non-hydrogen) atoms. The van der Waals surface area contributed by atoms with Crippen LogP contribution in [0.15, 0.2) is 76.4 Å². The number of hydrogen-bond acceptors (Lipinski definition) is 4. The number of nitrogens with zero attached hydrogens (tertiary/aromatic N) is 3. The summed E-state index contributed by atoms with van der Waals surface area (Å²) in [6, 6.07) is 18.9. The normalized spacial score (nSPS) is 10.2. The molecule has 7 heteroatoms. The van der Waals surface area contributed by atoms with Crippen LogP contribution in [0.3, 0.4) is 0 Å². The third kappa shape index (κ3) is 4.38. The van der Waals surface area contributed by atoms with Gasteiger partial charge in [0, 0.05) is 18.0 Å². The number of aromatic nitrogens is 2. The molecule has 0 fully saturated rings. The Balaban J connectivity index is 1.78. The van der Waals surface area contributed by atoms with Gasteiger partial charge in [-0.2, -0.15) is 5.26 Å². The molecule has 0 spiro atoms. The number of benzene rings is 2. The first-order valence-corrected chi connectivity index (χ1v) is 8.21. The predicted octanol–water partition coefficient (Wildman–Crippen LogP) is 1.57. The van der Waals surface area contributed by atoms with Crippen LogP contribution in [0, 0.1) is 11.3 Å². The molecular formula is C20H16N4O3. The van der Waals surface area contributed by atoms with Gasteiger partial charge in [-0.05, 0) is 29.8 Å². The number of amides is 1. The van der Waals surface area contributed by atoms with Gasteiger partial charge in [-0.25, -0.2) is 4.79 Å². The molecule has 0 unspecified atom stereocenters. The zero-order valence-electron chi connectivity index (χ0n) is 14.3. The zero-order valence-corrected chi connectivity index (χ0v) is 14.3. The van der Waals surface area contributed by atoms with Gasteiger partial charge in [0.1, 0.15) is 6.54 Å². The van der Waals surface area contributed by atoms with Crippen molar-refractivity contribution in [2.45, 2.75) is 13.1 Å². The molecule has 7 nitrogen and oxygen atoms in total. The van der Waals surface area contributed by atoms with Gasteiger partial charge in [0.2, 0.25) is 5.91 Å². The Bertz CT molecular complexity index is 1110. The minimum absolute atomic E-state index is 0.303. The summed E-state index contributed by atoms with van der Waals surface area (Å²) in [5.74, 6) is -0.503. The number of carbonyl (C=O) groups is 1. The van der Waals surface area contributed by atoms with E-state index in [-0.39, 0.29) is 0 Å². The fourth-order valence-corrected chi connectivity index (χ4v) is 2.58. The molecule has 0 radical (unpaired) electrons. The van der Waals surface area contributed by atoms with Crippen LogP contribution in [-0.4, -0.2) is 15.0 Å². The number of nitrogens with one attached hydrogen (secondary N) is 1. The maximum Gasteiger partial charge on any atom is 0.331 e. The Morgan fingerprint density at radius 1 is 1.00 bits per heavy atom. The van der Waals surface area contributed by atoms with Gasteiger partial charge in [-0.15, -0.1) is 0 Å². The van der Waals surface area contributed by atoms with Crippen molar-refractivity contribution < 1.29 is 4.79 Å². The van der Waals surface area contributed by atoms with E-state index in [1.165, 1.54) is 16.8 Å². The summed E-state index contributed by atoms with van der Waals surface area (Å²) < 4.78 is 2.27. The summed E-state index contributed by atoms with van der Waals surface area (Å²) in [7, 11) is 0. The van der Waals surface area contributed by atoms with Crippen LogP contribution in [0.4, 0.5) is 5.69 Å². The van der Waals surface area contributed by atoms with Gasteiger partial charge in [-0.3, -0.25) is 18.7 Å². The Kier molecular flexibility index (Phi) is 5.28. The molecule has 0 saturated heterocycles. The van der Waals surface area contributed by atoms with Crippen LogP contribution in [0.2, 0.25) is 0 Å². The van der Waals surface area contributed by atoms with E-state index >= 15 is 0 Å². The second-order valence-electron chi connectivity index (χ2n) is 5.87. The summed E-state index contributed by atoms with van der Waals surface area (Å²) in [5, 5.41) is 11.4. The van der Waals surface area contributed by atoms with Crippen LogP contribution >= 0.6 is 0 Å². The van der Waals surface area contributed by atoms with E-state index in [2.05, 4.69) is 5.32 Å². The molecule has 0 aliphatic heterocycles. The standard InChI is InChI=1S/C20H16N4O3/c21-12-15-6-8-17(9-7-15)22-18(25)14-24-19(26)10-11-23(20(24)27)13-16-4-2-1-3-5-16/h1-11H,13-14H2,(H,22,25). The second-order valence-corrected chi connectivity index (χ2v) is 5.87. The fraction of sp³-hybridized carbons (Fsp3) is 0.100. The van der Waals surface area contributed by atoms with E-state index in [0.29, 0.717) is 17.8 Å². The molecule has 0 aliphatic rings. The lowest BCUT2D eigenvalue weighted by atomic mass is 10.2. The summed E-state index contributed by atoms with van der Waals surface area (Å²) in [6.45, 7) is -0.0928. The van der Waals surface area contributed by atoms with Crippen LogP contribution in [-0.2, 0) is 17.9 Å². The highest BCUT2D eigenvalue weighted by Gasteiger charge is 2.10. The van der Waals surface area contributed by atoms with Crippen molar-refractivity contribution in [3.8, 4) is 6.07 Å². The summed E-state index contributed by atoms with van der Waals surface area (Å²) in [4.78, 5) is 36.9. The molecule has 0 atom stereocenters. The van der Waals surface area contributed by atoms with Gasteiger partial charge >= 0.3 is 5.69 Å².